The highest BCUT2D eigenvalue weighted by atomic mass is 16.6. The molecule has 2 aromatic rings. The zero-order valence-electron chi connectivity index (χ0n) is 10.4. The van der Waals surface area contributed by atoms with Crippen LogP contribution in [0.1, 0.15) is 17.3 Å². The van der Waals surface area contributed by atoms with Crippen LogP contribution < -0.4 is 4.74 Å². The molecule has 7 nitrogen and oxygen atoms in total. The summed E-state index contributed by atoms with van der Waals surface area (Å²) in [5.74, 6) is 0.0356. The van der Waals surface area contributed by atoms with Gasteiger partial charge < -0.3 is 14.9 Å². The molecule has 1 aromatic heterocycles. The summed E-state index contributed by atoms with van der Waals surface area (Å²) < 4.78 is 6.84. The number of aromatic nitrogens is 2. The molecule has 0 saturated carbocycles. The fraction of sp³-hybridized carbons (Fsp3) is 0.167. The molecule has 1 aromatic carbocycles. The van der Waals surface area contributed by atoms with Crippen molar-refractivity contribution in [2.24, 2.45) is 7.05 Å². The van der Waals surface area contributed by atoms with E-state index in [0.717, 1.165) is 0 Å². The van der Waals surface area contributed by atoms with Gasteiger partial charge in [0.25, 0.3) is 0 Å². The van der Waals surface area contributed by atoms with Crippen molar-refractivity contribution in [1.29, 1.82) is 0 Å². The minimum atomic E-state index is -0.612. The molecule has 0 N–H and O–H groups in total. The van der Waals surface area contributed by atoms with Gasteiger partial charge in [-0.3, -0.25) is 9.36 Å². The van der Waals surface area contributed by atoms with Crippen LogP contribution >= 0.6 is 0 Å². The second-order valence-electron chi connectivity index (χ2n) is 3.92. The molecule has 0 bridgehead atoms. The van der Waals surface area contributed by atoms with Crippen LogP contribution in [0.15, 0.2) is 30.6 Å². The number of carbonyl (C=O) groups is 1. The monoisotopic (exact) mass is 261 g/mol. The molecular formula is C12H11N3O4. The van der Waals surface area contributed by atoms with Gasteiger partial charge in [-0.15, -0.1) is 0 Å². The van der Waals surface area contributed by atoms with Crippen molar-refractivity contribution in [2.45, 2.75) is 6.92 Å². The number of nitro groups is 1. The Hall–Kier alpha value is -2.70. The first-order valence-electron chi connectivity index (χ1n) is 5.43. The number of benzene rings is 1. The molecule has 0 unspecified atom stereocenters. The molecule has 98 valence electrons. The van der Waals surface area contributed by atoms with Gasteiger partial charge >= 0.3 is 11.7 Å². The number of hydrogen-bond acceptors (Lipinski definition) is 5. The van der Waals surface area contributed by atoms with Gasteiger partial charge in [-0.05, 0) is 41.1 Å². The van der Waals surface area contributed by atoms with Gasteiger partial charge in [0.05, 0.1) is 0 Å². The molecular weight excluding hydrogens is 250 g/mol. The number of ether oxygens (including phenoxy) is 1. The third-order valence-corrected chi connectivity index (χ3v) is 2.51. The molecule has 0 saturated heterocycles. The van der Waals surface area contributed by atoms with Crippen molar-refractivity contribution in [1.82, 2.24) is 9.55 Å². The highest BCUT2D eigenvalue weighted by molar-refractivity contribution is 5.94. The maximum atomic E-state index is 11.1. The summed E-state index contributed by atoms with van der Waals surface area (Å²) >= 11 is 0. The smallest absolute Gasteiger partial charge is 0.427 e. The Morgan fingerprint density at radius 3 is 2.53 bits per heavy atom. The molecule has 0 atom stereocenters. The zero-order chi connectivity index (χ0) is 14.0. The van der Waals surface area contributed by atoms with Crippen LogP contribution in [0.2, 0.25) is 0 Å². The average Bonchev–Trinajstić information content (AvgIpc) is 2.72. The number of ketones is 1. The Kier molecular flexibility index (Phi) is 3.28. The molecule has 0 fully saturated rings. The maximum absolute atomic E-state index is 11.1. The second kappa shape index (κ2) is 4.89. The normalized spacial score (nSPS) is 10.2. The van der Waals surface area contributed by atoms with Crippen LogP contribution in [0.4, 0.5) is 5.82 Å². The van der Waals surface area contributed by atoms with E-state index in [4.69, 9.17) is 4.74 Å². The first kappa shape index (κ1) is 12.7. The van der Waals surface area contributed by atoms with Crippen molar-refractivity contribution in [3.8, 4) is 11.6 Å². The van der Waals surface area contributed by atoms with Crippen LogP contribution in [0, 0.1) is 10.1 Å². The number of hydrogen-bond donors (Lipinski definition) is 0. The molecule has 0 radical (unpaired) electrons. The van der Waals surface area contributed by atoms with Gasteiger partial charge in [0.15, 0.2) is 5.78 Å². The van der Waals surface area contributed by atoms with Crippen molar-refractivity contribution >= 4 is 11.6 Å². The Morgan fingerprint density at radius 1 is 1.37 bits per heavy atom. The fourth-order valence-electron chi connectivity index (χ4n) is 1.52. The average molecular weight is 261 g/mol. The van der Waals surface area contributed by atoms with Crippen molar-refractivity contribution in [3.63, 3.8) is 0 Å². The van der Waals surface area contributed by atoms with Crippen molar-refractivity contribution in [3.05, 3.63) is 46.3 Å². The minimum absolute atomic E-state index is 0.0422. The lowest BCUT2D eigenvalue weighted by molar-refractivity contribution is -0.390. The van der Waals surface area contributed by atoms with E-state index >= 15 is 0 Å². The van der Waals surface area contributed by atoms with Crippen LogP contribution in [0.25, 0.3) is 0 Å². The minimum Gasteiger partial charge on any atom is -0.434 e. The summed E-state index contributed by atoms with van der Waals surface area (Å²) in [6, 6.07) is 6.35. The van der Waals surface area contributed by atoms with E-state index in [1.54, 1.807) is 31.3 Å². The van der Waals surface area contributed by atoms with Gasteiger partial charge in [-0.25, -0.2) is 0 Å². The number of aryl methyl sites for hydroxylation is 1. The first-order valence-corrected chi connectivity index (χ1v) is 5.43. The topological polar surface area (TPSA) is 87.3 Å². The third kappa shape index (κ3) is 2.59. The fourth-order valence-corrected chi connectivity index (χ4v) is 1.52. The summed E-state index contributed by atoms with van der Waals surface area (Å²) in [6.45, 7) is 1.46. The number of imidazole rings is 1. The van der Waals surface area contributed by atoms with Crippen LogP contribution in [-0.4, -0.2) is 20.3 Å². The van der Waals surface area contributed by atoms with Crippen LogP contribution in [-0.2, 0) is 7.05 Å². The van der Waals surface area contributed by atoms with E-state index < -0.39 is 4.92 Å². The molecule has 7 heteroatoms. The Morgan fingerprint density at radius 2 is 2.00 bits per heavy atom. The van der Waals surface area contributed by atoms with Crippen LogP contribution in [0.3, 0.4) is 0 Å². The SMILES string of the molecule is CC(=O)c1ccc(Oc2c([N+](=O)[O-])ncn2C)cc1. The number of carbonyl (C=O) groups excluding carboxylic acids is 1. The van der Waals surface area contributed by atoms with E-state index in [2.05, 4.69) is 4.98 Å². The third-order valence-electron chi connectivity index (χ3n) is 2.51. The van der Waals surface area contributed by atoms with Gasteiger partial charge in [0.1, 0.15) is 5.75 Å². The lowest BCUT2D eigenvalue weighted by atomic mass is 10.1. The predicted octanol–water partition coefficient (Wildman–Crippen LogP) is 2.32. The van der Waals surface area contributed by atoms with Crippen LogP contribution in [0.5, 0.6) is 11.6 Å². The molecule has 19 heavy (non-hydrogen) atoms. The van der Waals surface area contributed by atoms with E-state index in [1.165, 1.54) is 17.8 Å². The first-order chi connectivity index (χ1) is 8.99. The lowest BCUT2D eigenvalue weighted by Crippen LogP contribution is -1.97. The van der Waals surface area contributed by atoms with E-state index in [0.29, 0.717) is 11.3 Å². The Balaban J connectivity index is 2.28. The number of nitrogens with zero attached hydrogens (tertiary/aromatic N) is 3. The lowest BCUT2D eigenvalue weighted by Gasteiger charge is -2.05. The molecule has 0 aliphatic heterocycles. The molecule has 0 spiro atoms. The molecule has 0 aliphatic carbocycles. The van der Waals surface area contributed by atoms with E-state index in [9.17, 15) is 14.9 Å². The highest BCUT2D eigenvalue weighted by Crippen LogP contribution is 2.29. The van der Waals surface area contributed by atoms with E-state index in [1.807, 2.05) is 0 Å². The van der Waals surface area contributed by atoms with Crippen molar-refractivity contribution < 1.29 is 14.5 Å². The predicted molar refractivity (Wildman–Crippen MR) is 66.4 cm³/mol. The maximum Gasteiger partial charge on any atom is 0.427 e. The number of Topliss-reactive ketones (excluding diaryl/α,β-unsaturated/α-hetero) is 1. The summed E-state index contributed by atoms with van der Waals surface area (Å²) in [7, 11) is 1.60. The largest absolute Gasteiger partial charge is 0.434 e. The van der Waals surface area contributed by atoms with Crippen molar-refractivity contribution in [2.75, 3.05) is 0 Å². The second-order valence-corrected chi connectivity index (χ2v) is 3.92. The van der Waals surface area contributed by atoms with E-state index in [-0.39, 0.29) is 17.5 Å². The summed E-state index contributed by atoms with van der Waals surface area (Å²) in [5, 5.41) is 10.8. The van der Waals surface area contributed by atoms with Gasteiger partial charge in [-0.2, -0.15) is 0 Å². The van der Waals surface area contributed by atoms with Gasteiger partial charge in [0, 0.05) is 12.6 Å². The Labute approximate surface area is 108 Å². The summed E-state index contributed by atoms with van der Waals surface area (Å²) in [6.07, 6.45) is 1.30. The summed E-state index contributed by atoms with van der Waals surface area (Å²) in [4.78, 5) is 24.9. The molecule has 1 heterocycles. The number of rotatable bonds is 4. The zero-order valence-corrected chi connectivity index (χ0v) is 10.4. The summed E-state index contributed by atoms with van der Waals surface area (Å²) in [5.41, 5.74) is 0.548. The van der Waals surface area contributed by atoms with Gasteiger partial charge in [-0.1, -0.05) is 0 Å². The molecule has 0 amide bonds. The molecule has 0 aliphatic rings. The van der Waals surface area contributed by atoms with Gasteiger partial charge in [0.2, 0.25) is 6.33 Å². The Bertz CT molecular complexity index is 631. The highest BCUT2D eigenvalue weighted by Gasteiger charge is 2.22. The standard InChI is InChI=1S/C12H11N3O4/c1-8(16)9-3-5-10(6-4-9)19-12-11(15(17)18)13-7-14(12)2/h3-7H,1-2H3. The molecule has 2 rings (SSSR count). The quantitative estimate of drug-likeness (QED) is 0.479.